The monoisotopic (exact) mass is 470 g/mol. The number of aromatic nitrogens is 2. The van der Waals surface area contributed by atoms with Crippen LogP contribution in [0.1, 0.15) is 24.4 Å². The van der Waals surface area contributed by atoms with Crippen molar-refractivity contribution < 1.29 is 23.2 Å². The van der Waals surface area contributed by atoms with Crippen LogP contribution in [0.3, 0.4) is 0 Å². The number of carbonyl (C=O) groups is 1. The van der Waals surface area contributed by atoms with Crippen molar-refractivity contribution in [1.29, 1.82) is 0 Å². The van der Waals surface area contributed by atoms with Crippen LogP contribution in [0.2, 0.25) is 0 Å². The molecule has 0 aliphatic carbocycles. The lowest BCUT2D eigenvalue weighted by molar-refractivity contribution is 0.174. The summed E-state index contributed by atoms with van der Waals surface area (Å²) in [5.74, 6) is 1.51. The van der Waals surface area contributed by atoms with Crippen molar-refractivity contribution in [3.05, 3.63) is 95.8 Å². The molecule has 2 aliphatic rings. The van der Waals surface area contributed by atoms with Gasteiger partial charge in [-0.2, -0.15) is 4.98 Å². The number of fused-ring (bicyclic) bond motifs is 1. The highest BCUT2D eigenvalue weighted by Gasteiger charge is 2.36. The predicted molar refractivity (Wildman–Crippen MR) is 125 cm³/mol. The smallest absolute Gasteiger partial charge is 0.326 e. The van der Waals surface area contributed by atoms with Crippen molar-refractivity contribution in [2.75, 3.05) is 11.7 Å². The first-order valence-corrected chi connectivity index (χ1v) is 10.9. The van der Waals surface area contributed by atoms with Crippen LogP contribution in [-0.2, 0) is 0 Å². The van der Waals surface area contributed by atoms with E-state index in [2.05, 4.69) is 15.5 Å². The van der Waals surface area contributed by atoms with Crippen LogP contribution in [0.4, 0.5) is 14.9 Å². The summed E-state index contributed by atoms with van der Waals surface area (Å²) in [6.07, 6.45) is 0. The van der Waals surface area contributed by atoms with Crippen LogP contribution in [0.15, 0.2) is 83.0 Å². The van der Waals surface area contributed by atoms with Crippen molar-refractivity contribution in [3.63, 3.8) is 0 Å². The molecule has 1 N–H and O–H groups in total. The quantitative estimate of drug-likeness (QED) is 0.435. The minimum Gasteiger partial charge on any atom is -0.454 e. The van der Waals surface area contributed by atoms with Crippen molar-refractivity contribution in [2.45, 2.75) is 13.0 Å². The first kappa shape index (κ1) is 20.9. The number of benzene rings is 3. The fourth-order valence-electron chi connectivity index (χ4n) is 4.30. The topological polar surface area (TPSA) is 89.7 Å². The summed E-state index contributed by atoms with van der Waals surface area (Å²) >= 11 is 0. The lowest BCUT2D eigenvalue weighted by Gasteiger charge is -2.35. The molecule has 0 spiro atoms. The Labute approximate surface area is 199 Å². The zero-order valence-electron chi connectivity index (χ0n) is 18.6. The molecule has 0 bridgehead atoms. The maximum Gasteiger partial charge on any atom is 0.326 e. The molecule has 0 radical (unpaired) electrons. The van der Waals surface area contributed by atoms with E-state index in [9.17, 15) is 9.18 Å². The fraction of sp³-hybridized carbons (Fsp3) is 0.115. The van der Waals surface area contributed by atoms with Crippen molar-refractivity contribution in [1.82, 2.24) is 15.5 Å². The summed E-state index contributed by atoms with van der Waals surface area (Å²) in [6.45, 7) is 1.97. The molecule has 8 nitrogen and oxygen atoms in total. The first-order valence-electron chi connectivity index (χ1n) is 10.9. The molecule has 9 heteroatoms. The van der Waals surface area contributed by atoms with Crippen molar-refractivity contribution in [2.24, 2.45) is 0 Å². The number of carbonyl (C=O) groups excluding carboxylic acids is 1. The van der Waals surface area contributed by atoms with E-state index in [1.54, 1.807) is 31.2 Å². The van der Waals surface area contributed by atoms with E-state index < -0.39 is 6.04 Å². The average Bonchev–Trinajstić information content (AvgIpc) is 3.55. The van der Waals surface area contributed by atoms with Crippen LogP contribution in [0.25, 0.3) is 17.0 Å². The number of nitrogens with one attached hydrogen (secondary N) is 1. The van der Waals surface area contributed by atoms with Gasteiger partial charge in [-0.1, -0.05) is 35.5 Å². The number of hydrogen-bond donors (Lipinski definition) is 1. The molecule has 174 valence electrons. The first-order chi connectivity index (χ1) is 17.1. The van der Waals surface area contributed by atoms with Gasteiger partial charge in [0, 0.05) is 11.3 Å². The molecule has 2 amide bonds. The van der Waals surface area contributed by atoms with Gasteiger partial charge < -0.3 is 19.3 Å². The normalized spacial score (nSPS) is 17.0. The van der Waals surface area contributed by atoms with Gasteiger partial charge in [-0.15, -0.1) is 0 Å². The molecule has 0 saturated heterocycles. The molecular formula is C26H19FN4O4. The van der Waals surface area contributed by atoms with Gasteiger partial charge in [-0.3, -0.25) is 4.90 Å². The average molecular weight is 470 g/mol. The Hall–Kier alpha value is -4.66. The minimum absolute atomic E-state index is 0.167. The highest BCUT2D eigenvalue weighted by Crippen LogP contribution is 2.40. The lowest BCUT2D eigenvalue weighted by Crippen LogP contribution is -2.46. The summed E-state index contributed by atoms with van der Waals surface area (Å²) in [4.78, 5) is 19.3. The molecule has 6 rings (SSSR count). The Bertz CT molecular complexity index is 1450. The summed E-state index contributed by atoms with van der Waals surface area (Å²) < 4.78 is 30.1. The van der Waals surface area contributed by atoms with E-state index in [1.165, 1.54) is 17.0 Å². The minimum atomic E-state index is -0.523. The number of urea groups is 1. The third-order valence-electron chi connectivity index (χ3n) is 5.99. The van der Waals surface area contributed by atoms with Gasteiger partial charge >= 0.3 is 6.03 Å². The molecule has 3 aromatic carbocycles. The number of amides is 2. The van der Waals surface area contributed by atoms with E-state index in [-0.39, 0.29) is 24.5 Å². The summed E-state index contributed by atoms with van der Waals surface area (Å²) in [5, 5.41) is 7.21. The maximum absolute atomic E-state index is 13.5. The Kier molecular flexibility index (Phi) is 4.95. The number of nitrogens with zero attached hydrogens (tertiary/aromatic N) is 3. The molecule has 1 unspecified atom stereocenters. The van der Waals surface area contributed by atoms with E-state index >= 15 is 0 Å². The van der Waals surface area contributed by atoms with Crippen LogP contribution >= 0.6 is 0 Å². The second kappa shape index (κ2) is 8.28. The Balaban J connectivity index is 1.46. The summed E-state index contributed by atoms with van der Waals surface area (Å²) in [7, 11) is 0. The number of ether oxygens (including phenoxy) is 2. The maximum atomic E-state index is 13.5. The molecule has 3 heterocycles. The van der Waals surface area contributed by atoms with Crippen molar-refractivity contribution >= 4 is 17.3 Å². The summed E-state index contributed by atoms with van der Waals surface area (Å²) in [6, 6.07) is 19.8. The molecule has 35 heavy (non-hydrogen) atoms. The largest absolute Gasteiger partial charge is 0.454 e. The van der Waals surface area contributed by atoms with Gasteiger partial charge in [0.15, 0.2) is 11.5 Å². The highest BCUT2D eigenvalue weighted by molar-refractivity contribution is 6.01. The SMILES string of the molecule is CC1=C(c2nc(-c3ccc4c(c3)OCO4)no2)C(c2ccccc2)NC(=O)N1c1ccc(F)cc1. The number of anilines is 1. The van der Waals surface area contributed by atoms with Gasteiger partial charge in [0.25, 0.3) is 5.89 Å². The van der Waals surface area contributed by atoms with Crippen LogP contribution in [-0.4, -0.2) is 23.0 Å². The molecule has 1 aromatic heterocycles. The van der Waals surface area contributed by atoms with E-state index in [0.717, 1.165) is 5.56 Å². The van der Waals surface area contributed by atoms with Gasteiger partial charge in [0.05, 0.1) is 17.3 Å². The van der Waals surface area contributed by atoms with Crippen LogP contribution in [0.5, 0.6) is 11.5 Å². The van der Waals surface area contributed by atoms with Gasteiger partial charge in [-0.05, 0) is 55.0 Å². The highest BCUT2D eigenvalue weighted by atomic mass is 19.1. The molecular weight excluding hydrogens is 451 g/mol. The second-order valence-corrected chi connectivity index (χ2v) is 8.10. The Morgan fingerprint density at radius 1 is 1.00 bits per heavy atom. The number of halogens is 1. The number of allylic oxidation sites excluding steroid dienone is 1. The van der Waals surface area contributed by atoms with E-state index in [4.69, 9.17) is 14.0 Å². The van der Waals surface area contributed by atoms with Gasteiger partial charge in [0.1, 0.15) is 5.82 Å². The van der Waals surface area contributed by atoms with E-state index in [1.807, 2.05) is 36.4 Å². The zero-order valence-corrected chi connectivity index (χ0v) is 18.6. The molecule has 0 saturated carbocycles. The van der Waals surface area contributed by atoms with Crippen molar-refractivity contribution in [3.8, 4) is 22.9 Å². The Morgan fingerprint density at radius 2 is 1.77 bits per heavy atom. The molecule has 0 fully saturated rings. The van der Waals surface area contributed by atoms with Gasteiger partial charge in [0.2, 0.25) is 12.6 Å². The lowest BCUT2D eigenvalue weighted by atomic mass is 9.94. The Morgan fingerprint density at radius 3 is 2.57 bits per heavy atom. The van der Waals surface area contributed by atoms with Gasteiger partial charge in [-0.25, -0.2) is 9.18 Å². The zero-order chi connectivity index (χ0) is 23.9. The third-order valence-corrected chi connectivity index (χ3v) is 5.99. The molecule has 4 aromatic rings. The standard InChI is InChI=1S/C26H19FN4O4/c1-15-22(25-29-24(30-35-25)17-7-12-20-21(13-17)34-14-33-20)23(16-5-3-2-4-6-16)28-26(32)31(15)19-10-8-18(27)9-11-19/h2-13,23H,14H2,1H3,(H,28,32). The number of hydrogen-bond acceptors (Lipinski definition) is 6. The fourth-order valence-corrected chi connectivity index (χ4v) is 4.30. The predicted octanol–water partition coefficient (Wildman–Crippen LogP) is 5.31. The van der Waals surface area contributed by atoms with Crippen LogP contribution in [0, 0.1) is 5.82 Å². The second-order valence-electron chi connectivity index (χ2n) is 8.10. The molecule has 2 aliphatic heterocycles. The van der Waals surface area contributed by atoms with E-state index in [0.29, 0.717) is 39.8 Å². The summed E-state index contributed by atoms with van der Waals surface area (Å²) in [5.41, 5.74) is 3.31. The third kappa shape index (κ3) is 3.67. The molecule has 1 atom stereocenters. The number of rotatable bonds is 4. The van der Waals surface area contributed by atoms with Crippen LogP contribution < -0.4 is 19.7 Å².